The van der Waals surface area contributed by atoms with Gasteiger partial charge in [-0.2, -0.15) is 0 Å². The highest BCUT2D eigenvalue weighted by Gasteiger charge is 2.31. The van der Waals surface area contributed by atoms with Crippen LogP contribution in [0.15, 0.2) is 46.1 Å². The van der Waals surface area contributed by atoms with Crippen LogP contribution in [0.4, 0.5) is 0 Å². The first-order valence-corrected chi connectivity index (χ1v) is 13.6. The van der Waals surface area contributed by atoms with Crippen LogP contribution in [0.5, 0.6) is 5.75 Å². The van der Waals surface area contributed by atoms with E-state index in [9.17, 15) is 28.8 Å². The molecule has 5 aromatic heterocycles. The first-order valence-electron chi connectivity index (χ1n) is 13.6. The number of Topliss-reactive ketones (excluding diaryl/α,β-unsaturated/α-hetero) is 1. The molecule has 8 bridgehead atoms. The zero-order valence-electron chi connectivity index (χ0n) is 21.7. The summed E-state index contributed by atoms with van der Waals surface area (Å²) < 4.78 is 33.7. The zero-order chi connectivity index (χ0) is 28.4. The van der Waals surface area contributed by atoms with Crippen molar-refractivity contribution in [1.82, 2.24) is 0 Å². The third kappa shape index (κ3) is 3.80. The topological polar surface area (TPSA) is 177 Å². The fourth-order valence-corrected chi connectivity index (χ4v) is 5.87. The van der Waals surface area contributed by atoms with Crippen molar-refractivity contribution in [1.29, 1.82) is 0 Å². The number of rotatable bonds is 0. The highest BCUT2D eigenvalue weighted by atomic mass is 16.5. The molecule has 210 valence electrons. The number of carbonyl (C=O) groups is 1. The van der Waals surface area contributed by atoms with Crippen molar-refractivity contribution < 1.29 is 31.6 Å². The summed E-state index contributed by atoms with van der Waals surface area (Å²) in [7, 11) is 0. The molecule has 0 N–H and O–H groups in total. The van der Waals surface area contributed by atoms with Crippen molar-refractivity contribution in [2.24, 2.45) is 0 Å². The first kappa shape index (κ1) is 25.2. The van der Waals surface area contributed by atoms with Gasteiger partial charge in [0, 0.05) is 12.8 Å². The summed E-state index contributed by atoms with van der Waals surface area (Å²) in [4.78, 5) is 80.4. The normalized spacial score (nSPS) is 16.4. The minimum absolute atomic E-state index is 0.000990. The molecule has 0 atom stereocenters. The van der Waals surface area contributed by atoms with Crippen molar-refractivity contribution in [3.63, 3.8) is 0 Å². The second-order valence-electron chi connectivity index (χ2n) is 10.4. The second kappa shape index (κ2) is 9.43. The van der Waals surface area contributed by atoms with Crippen LogP contribution < -0.4 is 32.9 Å². The van der Waals surface area contributed by atoms with Gasteiger partial charge in [0.1, 0.15) is 33.1 Å². The monoisotopic (exact) mass is 562 g/mol. The molecule has 8 heterocycles. The molecule has 0 fully saturated rings. The Morgan fingerprint density at radius 3 is 1.68 bits per heavy atom. The van der Waals surface area contributed by atoms with E-state index >= 15 is 0 Å². The van der Waals surface area contributed by atoms with E-state index in [0.29, 0.717) is 25.7 Å². The van der Waals surface area contributed by atoms with Crippen molar-refractivity contribution in [2.45, 2.75) is 64.2 Å². The Kier molecular flexibility index (Phi) is 5.80. The maximum absolute atomic E-state index is 13.5. The molecule has 3 aliphatic rings. The molecule has 0 unspecified atom stereocenters. The lowest BCUT2D eigenvalue weighted by molar-refractivity contribution is 0.0974. The Morgan fingerprint density at radius 1 is 0.439 bits per heavy atom. The van der Waals surface area contributed by atoms with E-state index in [1.165, 1.54) is 0 Å². The van der Waals surface area contributed by atoms with E-state index < -0.39 is 66.8 Å². The standard InChI is InChI=1S/C29H22O12/c30-13-9-6-7-11-36-20-12-8-4-2-1-3-5-10-14-15(13)21-17(26(32)37-14)23-19(28(34)39-21)24-18(29(35)41-23)22(38-25(12)31)16(20)27(33)40-24/h1-11H2. The van der Waals surface area contributed by atoms with Crippen LogP contribution in [0, 0.1) is 0 Å². The number of hydrogen-bond acceptors (Lipinski definition) is 12. The van der Waals surface area contributed by atoms with E-state index in [0.717, 1.165) is 19.3 Å². The van der Waals surface area contributed by atoms with E-state index in [1.807, 2.05) is 0 Å². The summed E-state index contributed by atoms with van der Waals surface area (Å²) in [5.74, 6) is -0.402. The molecule has 0 aliphatic carbocycles. The molecule has 0 aromatic carbocycles. The van der Waals surface area contributed by atoms with Gasteiger partial charge in [0.05, 0.1) is 17.7 Å². The Hall–Kier alpha value is -4.74. The van der Waals surface area contributed by atoms with Gasteiger partial charge in [0.2, 0.25) is 0 Å². The van der Waals surface area contributed by atoms with Crippen LogP contribution in [0.25, 0.3) is 43.9 Å². The highest BCUT2D eigenvalue weighted by molar-refractivity contribution is 6.17. The van der Waals surface area contributed by atoms with Crippen LogP contribution in [0.2, 0.25) is 0 Å². The van der Waals surface area contributed by atoms with Gasteiger partial charge in [0.25, 0.3) is 0 Å². The molecule has 0 amide bonds. The average Bonchev–Trinajstić information content (AvgIpc) is 2.91. The minimum Gasteiger partial charge on any atom is -0.492 e. The van der Waals surface area contributed by atoms with Crippen molar-refractivity contribution in [2.75, 3.05) is 6.61 Å². The Balaban J connectivity index is 1.77. The van der Waals surface area contributed by atoms with Crippen LogP contribution >= 0.6 is 0 Å². The summed E-state index contributed by atoms with van der Waals surface area (Å²) >= 11 is 0. The molecule has 5 aromatic rings. The third-order valence-electron chi connectivity index (χ3n) is 7.81. The van der Waals surface area contributed by atoms with E-state index in [1.54, 1.807) is 0 Å². The van der Waals surface area contributed by atoms with Gasteiger partial charge in [-0.05, 0) is 32.1 Å². The fraction of sp³-hybridized carbons (Fsp3) is 0.379. The van der Waals surface area contributed by atoms with Crippen molar-refractivity contribution >= 4 is 49.7 Å². The van der Waals surface area contributed by atoms with Gasteiger partial charge in [-0.1, -0.05) is 19.3 Å². The largest absolute Gasteiger partial charge is 0.492 e. The Labute approximate surface area is 227 Å². The van der Waals surface area contributed by atoms with Crippen LogP contribution in [0.1, 0.15) is 73.0 Å². The van der Waals surface area contributed by atoms with Gasteiger partial charge >= 0.3 is 28.1 Å². The van der Waals surface area contributed by atoms with Gasteiger partial charge < -0.3 is 26.8 Å². The number of carbonyl (C=O) groups excluding carboxylic acids is 1. The predicted molar refractivity (Wildman–Crippen MR) is 143 cm³/mol. The summed E-state index contributed by atoms with van der Waals surface area (Å²) in [5, 5.41) is -1.78. The lowest BCUT2D eigenvalue weighted by Crippen LogP contribution is -2.19. The highest BCUT2D eigenvalue weighted by Crippen LogP contribution is 2.35. The molecule has 12 heteroatoms. The van der Waals surface area contributed by atoms with Crippen LogP contribution in [-0.2, 0) is 12.8 Å². The number of aryl methyl sites for hydroxylation is 1. The molecule has 12 nitrogen and oxygen atoms in total. The van der Waals surface area contributed by atoms with Gasteiger partial charge in [-0.3, -0.25) is 4.79 Å². The third-order valence-corrected chi connectivity index (χ3v) is 7.81. The second-order valence-corrected chi connectivity index (χ2v) is 10.4. The van der Waals surface area contributed by atoms with Crippen molar-refractivity contribution in [3.8, 4) is 5.75 Å². The van der Waals surface area contributed by atoms with Gasteiger partial charge in [-0.25, -0.2) is 24.0 Å². The molecule has 0 saturated heterocycles. The minimum atomic E-state index is -1.16. The summed E-state index contributed by atoms with van der Waals surface area (Å²) in [6.45, 7) is 0.0406. The average molecular weight is 562 g/mol. The van der Waals surface area contributed by atoms with E-state index in [4.69, 9.17) is 26.8 Å². The summed E-state index contributed by atoms with van der Waals surface area (Å²) in [6, 6.07) is 0. The molecule has 3 aliphatic heterocycles. The Bertz CT molecular complexity index is 2240. The van der Waals surface area contributed by atoms with Crippen LogP contribution in [0.3, 0.4) is 0 Å². The number of hydrogen-bond donors (Lipinski definition) is 0. The maximum Gasteiger partial charge on any atom is 0.351 e. The smallest absolute Gasteiger partial charge is 0.351 e. The number of fused-ring (bicyclic) bond motifs is 2. The number of ketones is 1. The van der Waals surface area contributed by atoms with Crippen LogP contribution in [-0.4, -0.2) is 12.4 Å². The first-order chi connectivity index (χ1) is 19.8. The SMILES string of the molecule is O=C1CCCCOc2c3c(=O)oc4c2c(=O)oc2c4c(=O)oc4c5c(=O)oc(c1c5oc(=O)c42)CCCCCCC3. The lowest BCUT2D eigenvalue weighted by atomic mass is 9.99. The van der Waals surface area contributed by atoms with E-state index in [-0.39, 0.29) is 59.5 Å². The molecular formula is C29H22O12. The van der Waals surface area contributed by atoms with Gasteiger partial charge in [-0.15, -0.1) is 0 Å². The molecule has 0 radical (unpaired) electrons. The fourth-order valence-electron chi connectivity index (χ4n) is 5.87. The quantitative estimate of drug-likeness (QED) is 0.249. The van der Waals surface area contributed by atoms with E-state index in [2.05, 4.69) is 0 Å². The summed E-state index contributed by atoms with van der Waals surface area (Å²) in [5.41, 5.74) is -7.01. The molecule has 0 spiro atoms. The molecule has 41 heavy (non-hydrogen) atoms. The molecular weight excluding hydrogens is 540 g/mol. The molecule has 0 saturated carbocycles. The summed E-state index contributed by atoms with van der Waals surface area (Å²) in [6.07, 6.45) is 4.57. The maximum atomic E-state index is 13.5. The number of ether oxygens (including phenoxy) is 1. The predicted octanol–water partition coefficient (Wildman–Crippen LogP) is 3.86. The zero-order valence-corrected chi connectivity index (χ0v) is 21.7. The lowest BCUT2D eigenvalue weighted by Gasteiger charge is -2.14. The Morgan fingerprint density at radius 2 is 0.951 bits per heavy atom. The van der Waals surface area contributed by atoms with Gasteiger partial charge in [0.15, 0.2) is 28.1 Å². The van der Waals surface area contributed by atoms with Crippen molar-refractivity contribution in [3.05, 3.63) is 69.0 Å². The molecule has 8 rings (SSSR count).